The molecule has 3 heterocycles. The van der Waals surface area contributed by atoms with Crippen molar-refractivity contribution in [2.45, 2.75) is 58.4 Å². The van der Waals surface area contributed by atoms with Crippen LogP contribution in [0.4, 0.5) is 5.69 Å². The molecule has 0 amide bonds. The molecule has 45 heavy (non-hydrogen) atoms. The molecule has 13 heteroatoms. The minimum atomic E-state index is -2.45. The van der Waals surface area contributed by atoms with E-state index in [2.05, 4.69) is 18.7 Å². The molecule has 0 aliphatic carbocycles. The Morgan fingerprint density at radius 3 is 2.44 bits per heavy atom. The van der Waals surface area contributed by atoms with Crippen molar-refractivity contribution in [2.24, 2.45) is 0 Å². The summed E-state index contributed by atoms with van der Waals surface area (Å²) in [5.74, 6) is -1.43. The van der Waals surface area contributed by atoms with Gasteiger partial charge in [-0.15, -0.1) is 4.73 Å². The first-order valence-corrected chi connectivity index (χ1v) is 15.5. The Kier molecular flexibility index (Phi) is 10.7. The topological polar surface area (TPSA) is 152 Å². The van der Waals surface area contributed by atoms with Crippen molar-refractivity contribution in [1.29, 1.82) is 0 Å². The number of aromatic nitrogens is 2. The summed E-state index contributed by atoms with van der Waals surface area (Å²) in [6.45, 7) is 7.43. The summed E-state index contributed by atoms with van der Waals surface area (Å²) >= 11 is -2.45. The minimum absolute atomic E-state index is 0.107. The molecular formula is C32H38N3O9S+. The summed E-state index contributed by atoms with van der Waals surface area (Å²) in [5.41, 5.74) is 3.77. The first-order chi connectivity index (χ1) is 21.5. The number of esters is 1. The number of rotatable bonds is 13. The number of hydrogen-bond donors (Lipinski definition) is 3. The molecule has 12 nitrogen and oxygen atoms in total. The molecule has 4 rings (SSSR count). The predicted octanol–water partition coefficient (Wildman–Crippen LogP) is 4.42. The number of carbonyl (C=O) groups excluding carboxylic acids is 2. The highest BCUT2D eigenvalue weighted by molar-refractivity contribution is 7.74. The molecule has 0 spiro atoms. The Morgan fingerprint density at radius 1 is 1.04 bits per heavy atom. The van der Waals surface area contributed by atoms with Gasteiger partial charge in [-0.05, 0) is 55.7 Å². The van der Waals surface area contributed by atoms with Gasteiger partial charge in [0.1, 0.15) is 17.9 Å². The third kappa shape index (κ3) is 7.73. The Hall–Kier alpha value is -4.62. The minimum Gasteiger partial charge on any atom is -0.492 e. The highest BCUT2D eigenvalue weighted by Crippen LogP contribution is 2.49. The monoisotopic (exact) mass is 640 g/mol. The molecule has 0 bridgehead atoms. The second kappa shape index (κ2) is 14.4. The van der Waals surface area contributed by atoms with E-state index in [0.717, 1.165) is 29.1 Å². The number of aryl methyl sites for hydroxylation is 1. The average molecular weight is 641 g/mol. The molecule has 240 valence electrons. The second-order valence-corrected chi connectivity index (χ2v) is 11.5. The Bertz CT molecular complexity index is 1620. The smallest absolute Gasteiger partial charge is 0.357 e. The fourth-order valence-corrected chi connectivity index (χ4v) is 5.61. The van der Waals surface area contributed by atoms with Crippen LogP contribution in [0.25, 0.3) is 6.08 Å². The van der Waals surface area contributed by atoms with Crippen molar-refractivity contribution < 1.29 is 46.9 Å². The lowest BCUT2D eigenvalue weighted by molar-refractivity contribution is -0.695. The molecule has 1 aromatic carbocycles. The van der Waals surface area contributed by atoms with Gasteiger partial charge in [0.15, 0.2) is 6.20 Å². The number of pyridine rings is 1. The second-order valence-electron chi connectivity index (χ2n) is 10.9. The highest BCUT2D eigenvalue weighted by atomic mass is 32.2. The maximum Gasteiger partial charge on any atom is 0.357 e. The van der Waals surface area contributed by atoms with Crippen molar-refractivity contribution in [3.63, 3.8) is 0 Å². The lowest BCUT2D eigenvalue weighted by Gasteiger charge is -2.27. The maximum absolute atomic E-state index is 12.2. The number of aromatic hydroxyl groups is 2. The number of benzene rings is 1. The SMILES string of the molecule is CC[n+]1cc(C(=O)OC)ccc1/C=C/C=C1/N(CCCCCC(=O)On2c(O)ccc2O)c2ccc(OS(=O)O)cc2C1(C)C. The number of hydrogen-bond acceptors (Lipinski definition) is 9. The summed E-state index contributed by atoms with van der Waals surface area (Å²) < 4.78 is 33.1. The van der Waals surface area contributed by atoms with Gasteiger partial charge in [-0.3, -0.25) is 4.55 Å². The highest BCUT2D eigenvalue weighted by Gasteiger charge is 2.40. The van der Waals surface area contributed by atoms with Crippen LogP contribution in [0, 0.1) is 0 Å². The van der Waals surface area contributed by atoms with Gasteiger partial charge in [-0.25, -0.2) is 9.59 Å². The van der Waals surface area contributed by atoms with Crippen molar-refractivity contribution in [3.05, 3.63) is 83.3 Å². The van der Waals surface area contributed by atoms with Crippen LogP contribution in [-0.4, -0.2) is 49.3 Å². The normalized spacial score (nSPS) is 15.3. The Labute approximate surface area is 264 Å². The van der Waals surface area contributed by atoms with Gasteiger partial charge in [0.05, 0.1) is 7.11 Å². The van der Waals surface area contributed by atoms with Gasteiger partial charge < -0.3 is 28.9 Å². The lowest BCUT2D eigenvalue weighted by Crippen LogP contribution is -2.36. The van der Waals surface area contributed by atoms with Crippen molar-refractivity contribution in [1.82, 2.24) is 4.73 Å². The number of methoxy groups -OCH3 is 1. The summed E-state index contributed by atoms with van der Waals surface area (Å²) in [7, 11) is 1.35. The zero-order valence-corrected chi connectivity index (χ0v) is 26.5. The van der Waals surface area contributed by atoms with E-state index in [0.29, 0.717) is 36.2 Å². The molecule has 0 saturated heterocycles. The quantitative estimate of drug-likeness (QED) is 0.106. The lowest BCUT2D eigenvalue weighted by atomic mass is 9.83. The molecule has 1 aliphatic heterocycles. The summed E-state index contributed by atoms with van der Waals surface area (Å²) in [5, 5.41) is 19.3. The van der Waals surface area contributed by atoms with Crippen LogP contribution in [-0.2, 0) is 32.9 Å². The van der Waals surface area contributed by atoms with Crippen LogP contribution in [0.1, 0.15) is 68.1 Å². The standard InChI is InChI=1S/C32H37N3O9S/c1-5-33-21-22(31(39)42-4)13-14-23(33)10-9-11-27-32(2,3)25-20-24(44-45(40)41)15-16-26(25)34(27)19-8-6-7-12-30(38)43-35-28(36)17-18-29(35)37/h9-11,13-18,20-21H,5-8,12,19H2,1-4H3,(H2-,36,37,40,41)/p+1. The van der Waals surface area contributed by atoms with Crippen LogP contribution in [0.5, 0.6) is 17.5 Å². The molecule has 0 saturated carbocycles. The van der Waals surface area contributed by atoms with E-state index < -0.39 is 28.7 Å². The maximum atomic E-state index is 12.2. The third-order valence-corrected chi connectivity index (χ3v) is 7.96. The fraction of sp³-hybridized carbons (Fsp3) is 0.344. The number of fused-ring (bicyclic) bond motifs is 1. The van der Waals surface area contributed by atoms with E-state index in [1.54, 1.807) is 24.4 Å². The Morgan fingerprint density at radius 2 is 1.78 bits per heavy atom. The molecule has 1 unspecified atom stereocenters. The summed E-state index contributed by atoms with van der Waals surface area (Å²) in [6, 6.07) is 11.3. The van der Waals surface area contributed by atoms with Gasteiger partial charge >= 0.3 is 23.3 Å². The van der Waals surface area contributed by atoms with E-state index in [1.165, 1.54) is 19.2 Å². The molecule has 0 fully saturated rings. The molecule has 1 aliphatic rings. The van der Waals surface area contributed by atoms with Gasteiger partial charge in [-0.2, -0.15) is 8.78 Å². The number of allylic oxidation sites excluding steroid dienone is 3. The number of ether oxygens (including phenoxy) is 1. The van der Waals surface area contributed by atoms with Gasteiger partial charge in [-0.1, -0.05) is 26.3 Å². The fourth-order valence-electron chi connectivity index (χ4n) is 5.35. The van der Waals surface area contributed by atoms with Gasteiger partial charge in [0.2, 0.25) is 17.5 Å². The van der Waals surface area contributed by atoms with Crippen molar-refractivity contribution in [3.8, 4) is 17.5 Å². The molecule has 0 radical (unpaired) electrons. The third-order valence-electron chi connectivity index (χ3n) is 7.63. The first-order valence-electron chi connectivity index (χ1n) is 14.5. The molecule has 2 aromatic heterocycles. The van der Waals surface area contributed by atoms with E-state index in [1.807, 2.05) is 41.9 Å². The summed E-state index contributed by atoms with van der Waals surface area (Å²) in [6.07, 6.45) is 9.81. The van der Waals surface area contributed by atoms with Gasteiger partial charge in [0, 0.05) is 54.0 Å². The molecule has 3 aromatic rings. The van der Waals surface area contributed by atoms with E-state index in [4.69, 9.17) is 13.8 Å². The first kappa shape index (κ1) is 33.3. The van der Waals surface area contributed by atoms with Crippen LogP contribution in [0.3, 0.4) is 0 Å². The number of carbonyl (C=O) groups is 2. The van der Waals surface area contributed by atoms with Crippen LogP contribution < -0.4 is 18.5 Å². The zero-order chi connectivity index (χ0) is 32.7. The Balaban J connectivity index is 1.51. The zero-order valence-electron chi connectivity index (χ0n) is 25.6. The van der Waals surface area contributed by atoms with Crippen LogP contribution >= 0.6 is 0 Å². The van der Waals surface area contributed by atoms with E-state index in [9.17, 15) is 28.6 Å². The van der Waals surface area contributed by atoms with Crippen molar-refractivity contribution in [2.75, 3.05) is 18.6 Å². The average Bonchev–Trinajstić information content (AvgIpc) is 3.43. The number of unbranched alkanes of at least 4 members (excludes halogenated alkanes) is 2. The molecule has 3 N–H and O–H groups in total. The van der Waals surface area contributed by atoms with E-state index >= 15 is 0 Å². The van der Waals surface area contributed by atoms with Crippen LogP contribution in [0.15, 0.2) is 66.5 Å². The van der Waals surface area contributed by atoms with E-state index in [-0.39, 0.29) is 23.9 Å². The molecule has 1 atom stereocenters. The predicted molar refractivity (Wildman–Crippen MR) is 167 cm³/mol. The molecular weight excluding hydrogens is 602 g/mol. The van der Waals surface area contributed by atoms with Crippen molar-refractivity contribution >= 4 is 35.1 Å². The summed E-state index contributed by atoms with van der Waals surface area (Å²) in [4.78, 5) is 31.4. The van der Waals surface area contributed by atoms with Gasteiger partial charge in [0.25, 0.3) is 0 Å². The number of nitrogens with zero attached hydrogens (tertiary/aromatic N) is 3. The number of anilines is 1. The largest absolute Gasteiger partial charge is 0.492 e. The van der Waals surface area contributed by atoms with Crippen LogP contribution in [0.2, 0.25) is 0 Å².